The van der Waals surface area contributed by atoms with E-state index in [0.717, 1.165) is 16.5 Å². The number of aromatic amines is 1. The van der Waals surface area contributed by atoms with Gasteiger partial charge in [-0.15, -0.1) is 0 Å². The molecule has 0 aliphatic carbocycles. The van der Waals surface area contributed by atoms with Crippen molar-refractivity contribution in [3.05, 3.63) is 106 Å². The van der Waals surface area contributed by atoms with Crippen molar-refractivity contribution in [2.24, 2.45) is 0 Å². The third kappa shape index (κ3) is 4.09. The van der Waals surface area contributed by atoms with Crippen LogP contribution in [0.4, 0.5) is 0 Å². The molecule has 2 aromatic heterocycles. The number of aliphatic hydroxyl groups excluding tert-OH is 1. The van der Waals surface area contributed by atoms with Crippen molar-refractivity contribution in [2.45, 2.75) is 12.6 Å². The zero-order chi connectivity index (χ0) is 27.3. The molecule has 0 saturated carbocycles. The Hall–Kier alpha value is -4.69. The Morgan fingerprint density at radius 3 is 2.59 bits per heavy atom. The number of hydrogen-bond donors (Lipinski definition) is 2. The highest BCUT2D eigenvalue weighted by Gasteiger charge is 2.45. The van der Waals surface area contributed by atoms with Crippen LogP contribution in [0.3, 0.4) is 0 Å². The molecule has 1 unspecified atom stereocenters. The number of ketones is 1. The number of nitrogens with zero attached hydrogens (tertiary/aromatic N) is 1. The minimum Gasteiger partial charge on any atom is -0.503 e. The van der Waals surface area contributed by atoms with Crippen molar-refractivity contribution >= 4 is 45.2 Å². The molecule has 0 saturated heterocycles. The van der Waals surface area contributed by atoms with Crippen LogP contribution in [0.15, 0.2) is 88.7 Å². The largest absolute Gasteiger partial charge is 0.503 e. The first kappa shape index (κ1) is 24.6. The van der Waals surface area contributed by atoms with Gasteiger partial charge >= 0.3 is 0 Å². The zero-order valence-corrected chi connectivity index (χ0v) is 21.8. The zero-order valence-electron chi connectivity index (χ0n) is 21.0. The fourth-order valence-electron chi connectivity index (χ4n) is 5.10. The predicted octanol–water partition coefficient (Wildman–Crippen LogP) is 6.36. The number of Topliss-reactive ketones (excluding diaryl/α,β-unsaturated/α-hetero) is 1. The quantitative estimate of drug-likeness (QED) is 0.232. The second kappa shape index (κ2) is 9.56. The summed E-state index contributed by atoms with van der Waals surface area (Å²) in [4.78, 5) is 32.2. The topological polar surface area (TPSA) is 105 Å². The number of benzene rings is 3. The first-order valence-corrected chi connectivity index (χ1v) is 12.5. The number of carbonyl (C=O) groups excluding carboxylic acids is 2. The molecule has 196 valence electrons. The smallest absolute Gasteiger partial charge is 0.290 e. The van der Waals surface area contributed by atoms with Crippen LogP contribution in [-0.4, -0.2) is 40.9 Å². The molecule has 5 aromatic rings. The summed E-state index contributed by atoms with van der Waals surface area (Å²) in [5, 5.41) is 12.9. The molecule has 3 heterocycles. The van der Waals surface area contributed by atoms with Gasteiger partial charge in [-0.05, 0) is 35.9 Å². The Morgan fingerprint density at radius 1 is 1.08 bits per heavy atom. The van der Waals surface area contributed by atoms with Gasteiger partial charge < -0.3 is 28.9 Å². The molecule has 39 heavy (non-hydrogen) atoms. The Morgan fingerprint density at radius 2 is 1.85 bits per heavy atom. The van der Waals surface area contributed by atoms with E-state index in [4.69, 9.17) is 25.5 Å². The summed E-state index contributed by atoms with van der Waals surface area (Å²) in [6.07, 6.45) is 1.76. The fraction of sp³-hybridized carbons (Fsp3) is 0.133. The molecule has 1 amide bonds. The summed E-state index contributed by atoms with van der Waals surface area (Å²) in [5.41, 5.74) is 2.59. The minimum absolute atomic E-state index is 0.0453. The lowest BCUT2D eigenvalue weighted by molar-refractivity contribution is -0.130. The molecule has 2 N–H and O–H groups in total. The van der Waals surface area contributed by atoms with Crippen LogP contribution >= 0.6 is 11.6 Å². The van der Waals surface area contributed by atoms with Crippen molar-refractivity contribution in [1.82, 2.24) is 9.88 Å². The maximum atomic E-state index is 14.0. The third-order valence-corrected chi connectivity index (χ3v) is 7.18. The number of furan rings is 1. The summed E-state index contributed by atoms with van der Waals surface area (Å²) >= 11 is 6.20. The van der Waals surface area contributed by atoms with Crippen molar-refractivity contribution in [3.63, 3.8) is 0 Å². The molecule has 6 rings (SSSR count). The molecule has 1 aliphatic rings. The van der Waals surface area contributed by atoms with E-state index in [1.165, 1.54) is 18.1 Å². The van der Waals surface area contributed by atoms with Crippen molar-refractivity contribution in [3.8, 4) is 11.5 Å². The lowest BCUT2D eigenvalue weighted by Crippen LogP contribution is -2.30. The second-order valence-corrected chi connectivity index (χ2v) is 9.64. The van der Waals surface area contributed by atoms with E-state index >= 15 is 0 Å². The average molecular weight is 543 g/mol. The van der Waals surface area contributed by atoms with E-state index in [-0.39, 0.29) is 17.9 Å². The fourth-order valence-corrected chi connectivity index (χ4v) is 5.32. The highest BCUT2D eigenvalue weighted by Crippen LogP contribution is 2.43. The molecule has 0 radical (unpaired) electrons. The number of hydrogen-bond acceptors (Lipinski definition) is 6. The number of aromatic nitrogens is 1. The molecule has 1 atom stereocenters. The van der Waals surface area contributed by atoms with Crippen molar-refractivity contribution in [1.29, 1.82) is 0 Å². The normalized spacial score (nSPS) is 15.5. The van der Waals surface area contributed by atoms with Gasteiger partial charge in [0.2, 0.25) is 5.78 Å². The molecule has 8 nitrogen and oxygen atoms in total. The molecular formula is C30H23ClN2O6. The number of fused-ring (bicyclic) bond motifs is 2. The van der Waals surface area contributed by atoms with Crippen LogP contribution < -0.4 is 9.47 Å². The van der Waals surface area contributed by atoms with Gasteiger partial charge in [-0.3, -0.25) is 9.59 Å². The van der Waals surface area contributed by atoms with Crippen LogP contribution in [0, 0.1) is 0 Å². The number of nitrogens with one attached hydrogen (secondary N) is 1. The number of amides is 1. The van der Waals surface area contributed by atoms with Gasteiger partial charge in [-0.2, -0.15) is 0 Å². The standard InChI is InChI=1S/C30H23ClN2O6/c1-37-19-9-7-16(8-10-19)15-33-26(21-14-32-22-6-4-3-5-20(21)22)25(28(35)30(33)36)27(34)23-12-17-11-18(31)13-24(38-2)29(17)39-23/h3-14,26,32,35H,15H2,1-2H3. The SMILES string of the molecule is COc1ccc(CN2C(=O)C(O)=C(C(=O)c3cc4cc(Cl)cc(OC)c4o3)C2c2c[nH]c3ccccc23)cc1. The Kier molecular flexibility index (Phi) is 6.04. The van der Waals surface area contributed by atoms with Crippen LogP contribution in [0.25, 0.3) is 21.9 Å². The molecule has 0 fully saturated rings. The van der Waals surface area contributed by atoms with Gasteiger partial charge in [0, 0.05) is 45.7 Å². The van der Waals surface area contributed by atoms with Crippen LogP contribution in [0.5, 0.6) is 11.5 Å². The number of ether oxygens (including phenoxy) is 2. The number of carbonyl (C=O) groups is 2. The van der Waals surface area contributed by atoms with Crippen LogP contribution in [0.1, 0.15) is 27.7 Å². The summed E-state index contributed by atoms with van der Waals surface area (Å²) in [6.45, 7) is 0.150. The van der Waals surface area contributed by atoms with E-state index in [0.29, 0.717) is 33.1 Å². The summed E-state index contributed by atoms with van der Waals surface area (Å²) in [6, 6.07) is 18.8. The molecule has 0 spiro atoms. The molecule has 9 heteroatoms. The Bertz CT molecular complexity index is 1780. The highest BCUT2D eigenvalue weighted by molar-refractivity contribution is 6.31. The Balaban J connectivity index is 1.48. The van der Waals surface area contributed by atoms with Gasteiger partial charge in [0.25, 0.3) is 5.91 Å². The molecule has 3 aromatic carbocycles. The van der Waals surface area contributed by atoms with Gasteiger partial charge in [-0.25, -0.2) is 0 Å². The molecular weight excluding hydrogens is 520 g/mol. The molecule has 1 aliphatic heterocycles. The second-order valence-electron chi connectivity index (χ2n) is 9.20. The lowest BCUT2D eigenvalue weighted by atomic mass is 9.94. The van der Waals surface area contributed by atoms with E-state index < -0.39 is 23.5 Å². The lowest BCUT2D eigenvalue weighted by Gasteiger charge is -2.26. The summed E-state index contributed by atoms with van der Waals surface area (Å²) in [7, 11) is 3.05. The number of aliphatic hydroxyl groups is 1. The summed E-state index contributed by atoms with van der Waals surface area (Å²) in [5.74, 6) is -0.877. The van der Waals surface area contributed by atoms with E-state index in [1.807, 2.05) is 36.4 Å². The maximum Gasteiger partial charge on any atom is 0.290 e. The number of H-pyrrole nitrogens is 1. The predicted molar refractivity (Wildman–Crippen MR) is 146 cm³/mol. The first-order chi connectivity index (χ1) is 18.9. The highest BCUT2D eigenvalue weighted by atomic mass is 35.5. The summed E-state index contributed by atoms with van der Waals surface area (Å²) < 4.78 is 16.5. The third-order valence-electron chi connectivity index (χ3n) is 6.97. The average Bonchev–Trinajstić information content (AvgIpc) is 3.63. The first-order valence-electron chi connectivity index (χ1n) is 12.1. The Labute approximate surface area is 228 Å². The number of rotatable bonds is 7. The van der Waals surface area contributed by atoms with Crippen LogP contribution in [-0.2, 0) is 11.3 Å². The van der Waals surface area contributed by atoms with E-state index in [1.54, 1.807) is 37.6 Å². The van der Waals surface area contributed by atoms with Gasteiger partial charge in [0.1, 0.15) is 5.75 Å². The van der Waals surface area contributed by atoms with Gasteiger partial charge in [0.05, 0.1) is 25.8 Å². The van der Waals surface area contributed by atoms with Crippen molar-refractivity contribution < 1.29 is 28.6 Å². The van der Waals surface area contributed by atoms with Crippen molar-refractivity contribution in [2.75, 3.05) is 14.2 Å². The monoisotopic (exact) mass is 542 g/mol. The van der Waals surface area contributed by atoms with Gasteiger partial charge in [-0.1, -0.05) is 41.9 Å². The van der Waals surface area contributed by atoms with E-state index in [9.17, 15) is 14.7 Å². The minimum atomic E-state index is -0.873. The van der Waals surface area contributed by atoms with Gasteiger partial charge in [0.15, 0.2) is 22.9 Å². The number of para-hydroxylation sites is 1. The molecule has 0 bridgehead atoms. The van der Waals surface area contributed by atoms with Crippen LogP contribution in [0.2, 0.25) is 5.02 Å². The van der Waals surface area contributed by atoms with E-state index in [2.05, 4.69) is 4.98 Å². The maximum absolute atomic E-state index is 14.0. The number of halogens is 1. The number of methoxy groups -OCH3 is 2.